The van der Waals surface area contributed by atoms with Crippen LogP contribution in [0.3, 0.4) is 0 Å². The molecule has 0 aliphatic heterocycles. The van der Waals surface area contributed by atoms with Crippen molar-refractivity contribution in [2.75, 3.05) is 0 Å². The maximum atomic E-state index is 10.4. The van der Waals surface area contributed by atoms with Crippen LogP contribution in [0.5, 0.6) is 0 Å². The molecule has 0 N–H and O–H groups in total. The summed E-state index contributed by atoms with van der Waals surface area (Å²) in [6, 6.07) is 4.82. The number of halogens is 1. The topological polar surface area (TPSA) is 73.8 Å². The van der Waals surface area contributed by atoms with Crippen molar-refractivity contribution in [1.82, 2.24) is 14.8 Å². The second kappa shape index (κ2) is 3.77. The summed E-state index contributed by atoms with van der Waals surface area (Å²) in [4.78, 5) is 13.9. The molecule has 0 bridgehead atoms. The van der Waals surface area contributed by atoms with Crippen LogP contribution in [0.25, 0.3) is 5.82 Å². The van der Waals surface area contributed by atoms with Gasteiger partial charge in [-0.05, 0) is 33.0 Å². The Morgan fingerprint density at radius 1 is 1.40 bits per heavy atom. The van der Waals surface area contributed by atoms with Gasteiger partial charge in [0.1, 0.15) is 0 Å². The van der Waals surface area contributed by atoms with Gasteiger partial charge in [-0.1, -0.05) is 0 Å². The van der Waals surface area contributed by atoms with Crippen molar-refractivity contribution in [2.24, 2.45) is 0 Å². The minimum atomic E-state index is -0.546. The maximum absolute atomic E-state index is 10.4. The first-order chi connectivity index (χ1) is 7.16. The van der Waals surface area contributed by atoms with Crippen molar-refractivity contribution < 1.29 is 4.92 Å². The number of aromatic nitrogens is 3. The first-order valence-electron chi connectivity index (χ1n) is 3.99. The van der Waals surface area contributed by atoms with E-state index in [9.17, 15) is 10.1 Å². The Balaban J connectivity index is 2.37. The van der Waals surface area contributed by atoms with E-state index in [1.807, 2.05) is 0 Å². The molecular weight excluding hydrogens is 264 g/mol. The molecule has 0 fully saturated rings. The molecule has 2 aromatic heterocycles. The maximum Gasteiger partial charge on any atom is 0.390 e. The van der Waals surface area contributed by atoms with Crippen LogP contribution in [0.1, 0.15) is 0 Å². The van der Waals surface area contributed by atoms with E-state index in [2.05, 4.69) is 26.0 Å². The second-order valence-electron chi connectivity index (χ2n) is 2.71. The molecule has 0 saturated heterocycles. The minimum Gasteiger partial charge on any atom is -0.358 e. The standard InChI is InChI=1S/C8H5BrN4O2/c9-6-1-2-7(10-5-6)12-4-3-8(11-12)13(14)15/h1-5H. The number of rotatable bonds is 2. The van der Waals surface area contributed by atoms with E-state index in [-0.39, 0.29) is 5.82 Å². The lowest BCUT2D eigenvalue weighted by Crippen LogP contribution is -1.98. The molecule has 0 aromatic carbocycles. The lowest BCUT2D eigenvalue weighted by Gasteiger charge is -1.94. The van der Waals surface area contributed by atoms with Gasteiger partial charge in [0.25, 0.3) is 0 Å². The van der Waals surface area contributed by atoms with Crippen LogP contribution >= 0.6 is 15.9 Å². The van der Waals surface area contributed by atoms with Gasteiger partial charge in [-0.3, -0.25) is 0 Å². The minimum absolute atomic E-state index is 0.195. The highest BCUT2D eigenvalue weighted by Crippen LogP contribution is 2.12. The first kappa shape index (κ1) is 9.78. The third kappa shape index (κ3) is 2.01. The third-order valence-corrected chi connectivity index (χ3v) is 2.18. The Bertz CT molecular complexity index is 494. The average Bonchev–Trinajstić information content (AvgIpc) is 2.68. The first-order valence-corrected chi connectivity index (χ1v) is 4.78. The van der Waals surface area contributed by atoms with Crippen LogP contribution in [0.15, 0.2) is 35.1 Å². The molecule has 0 saturated carbocycles. The molecule has 2 rings (SSSR count). The normalized spacial score (nSPS) is 10.2. The summed E-state index contributed by atoms with van der Waals surface area (Å²) in [6.45, 7) is 0. The zero-order valence-corrected chi connectivity index (χ0v) is 8.96. The van der Waals surface area contributed by atoms with E-state index in [0.29, 0.717) is 5.82 Å². The van der Waals surface area contributed by atoms with E-state index < -0.39 is 4.92 Å². The Kier molecular flexibility index (Phi) is 2.46. The monoisotopic (exact) mass is 268 g/mol. The van der Waals surface area contributed by atoms with Gasteiger partial charge in [-0.2, -0.15) is 0 Å². The molecule has 15 heavy (non-hydrogen) atoms. The van der Waals surface area contributed by atoms with Gasteiger partial charge in [0.2, 0.25) is 0 Å². The van der Waals surface area contributed by atoms with Crippen LogP contribution in [0, 0.1) is 10.1 Å². The molecule has 2 heterocycles. The van der Waals surface area contributed by atoms with Crippen LogP contribution < -0.4 is 0 Å². The largest absolute Gasteiger partial charge is 0.390 e. The van der Waals surface area contributed by atoms with Crippen molar-refractivity contribution in [3.05, 3.63) is 45.2 Å². The molecule has 2 aromatic rings. The number of hydrogen-bond donors (Lipinski definition) is 0. The third-order valence-electron chi connectivity index (χ3n) is 1.71. The van der Waals surface area contributed by atoms with Crippen LogP contribution in [0.4, 0.5) is 5.82 Å². The summed E-state index contributed by atoms with van der Waals surface area (Å²) >= 11 is 3.25. The quantitative estimate of drug-likeness (QED) is 0.616. The predicted octanol–water partition coefficient (Wildman–Crippen LogP) is 1.94. The molecule has 6 nitrogen and oxygen atoms in total. The van der Waals surface area contributed by atoms with Crippen LogP contribution in [-0.4, -0.2) is 19.7 Å². The molecule has 0 atom stereocenters. The van der Waals surface area contributed by atoms with E-state index in [1.165, 1.54) is 16.9 Å². The highest BCUT2D eigenvalue weighted by atomic mass is 79.9. The average molecular weight is 269 g/mol. The van der Waals surface area contributed by atoms with Crippen molar-refractivity contribution in [1.29, 1.82) is 0 Å². The fourth-order valence-corrected chi connectivity index (χ4v) is 1.28. The van der Waals surface area contributed by atoms with Gasteiger partial charge in [0.15, 0.2) is 5.82 Å². The SMILES string of the molecule is O=[N+]([O-])c1ccn(-c2ccc(Br)cn2)n1. The van der Waals surface area contributed by atoms with Gasteiger partial charge >= 0.3 is 5.82 Å². The summed E-state index contributed by atoms with van der Waals surface area (Å²) < 4.78 is 2.19. The lowest BCUT2D eigenvalue weighted by molar-refractivity contribution is -0.389. The van der Waals surface area contributed by atoms with E-state index >= 15 is 0 Å². The van der Waals surface area contributed by atoms with Gasteiger partial charge in [0.05, 0.1) is 17.4 Å². The Hall–Kier alpha value is -1.76. The Morgan fingerprint density at radius 3 is 2.73 bits per heavy atom. The summed E-state index contributed by atoms with van der Waals surface area (Å²) in [5.74, 6) is 0.339. The molecule has 7 heteroatoms. The van der Waals surface area contributed by atoms with Gasteiger partial charge in [-0.25, -0.2) is 4.98 Å². The summed E-state index contributed by atoms with van der Waals surface area (Å²) in [5.41, 5.74) is 0. The number of nitro groups is 1. The molecule has 0 aliphatic rings. The highest BCUT2D eigenvalue weighted by molar-refractivity contribution is 9.10. The lowest BCUT2D eigenvalue weighted by atomic mass is 10.5. The number of hydrogen-bond acceptors (Lipinski definition) is 4. The summed E-state index contributed by atoms with van der Waals surface area (Å²) in [6.07, 6.45) is 3.09. The van der Waals surface area contributed by atoms with E-state index in [0.717, 1.165) is 4.47 Å². The number of nitrogens with zero attached hydrogens (tertiary/aromatic N) is 4. The summed E-state index contributed by atoms with van der Waals surface area (Å²) in [7, 11) is 0. The van der Waals surface area contributed by atoms with Crippen molar-refractivity contribution in [2.45, 2.75) is 0 Å². The molecule has 0 unspecified atom stereocenters. The molecule has 0 spiro atoms. The van der Waals surface area contributed by atoms with Crippen LogP contribution in [0.2, 0.25) is 0 Å². The van der Waals surface area contributed by atoms with Gasteiger partial charge in [0, 0.05) is 10.7 Å². The van der Waals surface area contributed by atoms with Gasteiger partial charge < -0.3 is 10.1 Å². The predicted molar refractivity (Wildman–Crippen MR) is 55.7 cm³/mol. The zero-order valence-electron chi connectivity index (χ0n) is 7.37. The van der Waals surface area contributed by atoms with Crippen molar-refractivity contribution in [3.8, 4) is 5.82 Å². The molecule has 0 amide bonds. The smallest absolute Gasteiger partial charge is 0.358 e. The zero-order chi connectivity index (χ0) is 10.8. The van der Waals surface area contributed by atoms with E-state index in [1.54, 1.807) is 18.3 Å². The Morgan fingerprint density at radius 2 is 2.20 bits per heavy atom. The number of pyridine rings is 1. The summed E-state index contributed by atoms with van der Waals surface area (Å²) in [5, 5.41) is 14.2. The molecule has 0 aliphatic carbocycles. The molecular formula is C8H5BrN4O2. The fourth-order valence-electron chi connectivity index (χ4n) is 1.04. The molecule has 76 valence electrons. The highest BCUT2D eigenvalue weighted by Gasteiger charge is 2.12. The van der Waals surface area contributed by atoms with Crippen molar-refractivity contribution >= 4 is 21.7 Å². The van der Waals surface area contributed by atoms with Crippen LogP contribution in [-0.2, 0) is 0 Å². The fraction of sp³-hybridized carbons (Fsp3) is 0. The second-order valence-corrected chi connectivity index (χ2v) is 3.63. The van der Waals surface area contributed by atoms with Crippen molar-refractivity contribution in [3.63, 3.8) is 0 Å². The van der Waals surface area contributed by atoms with E-state index in [4.69, 9.17) is 0 Å². The van der Waals surface area contributed by atoms with Gasteiger partial charge in [-0.15, -0.1) is 4.68 Å². The Labute approximate surface area is 92.8 Å². The molecule has 0 radical (unpaired) electrons.